The summed E-state index contributed by atoms with van der Waals surface area (Å²) >= 11 is 0. The van der Waals surface area contributed by atoms with E-state index in [1.807, 2.05) is 31.2 Å². The number of carbonyl (C=O) groups is 1. The molecule has 0 unspecified atom stereocenters. The number of nitrogens with one attached hydrogen (secondary N) is 1. The number of rotatable bonds is 4. The molecule has 0 aromatic heterocycles. The van der Waals surface area contributed by atoms with Crippen LogP contribution in [-0.4, -0.2) is 11.1 Å². The first-order valence-electron chi connectivity index (χ1n) is 5.89. The first-order valence-corrected chi connectivity index (χ1v) is 5.89. The Kier molecular flexibility index (Phi) is 3.80. The molecule has 0 spiro atoms. The van der Waals surface area contributed by atoms with Crippen molar-refractivity contribution < 1.29 is 14.3 Å². The van der Waals surface area contributed by atoms with Crippen LogP contribution < -0.4 is 5.32 Å². The lowest BCUT2D eigenvalue weighted by Crippen LogP contribution is -2.02. The topological polar surface area (TPSA) is 49.3 Å². The Labute approximate surface area is 110 Å². The maximum absolute atomic E-state index is 13.9. The lowest BCUT2D eigenvalue weighted by atomic mass is 10.1. The van der Waals surface area contributed by atoms with Gasteiger partial charge in [-0.1, -0.05) is 24.3 Å². The number of benzene rings is 2. The van der Waals surface area contributed by atoms with Crippen LogP contribution in [0.1, 0.15) is 11.1 Å². The molecule has 0 fully saturated rings. The summed E-state index contributed by atoms with van der Waals surface area (Å²) in [6, 6.07) is 12.0. The van der Waals surface area contributed by atoms with Crippen LogP contribution >= 0.6 is 0 Å². The van der Waals surface area contributed by atoms with Crippen molar-refractivity contribution in [3.63, 3.8) is 0 Å². The van der Waals surface area contributed by atoms with Crippen LogP contribution in [0.25, 0.3) is 0 Å². The van der Waals surface area contributed by atoms with E-state index in [4.69, 9.17) is 5.11 Å². The summed E-state index contributed by atoms with van der Waals surface area (Å²) < 4.78 is 13.9. The first-order chi connectivity index (χ1) is 9.06. The summed E-state index contributed by atoms with van der Waals surface area (Å²) in [5.41, 5.74) is 2.62. The Hall–Kier alpha value is -2.36. The van der Waals surface area contributed by atoms with Crippen LogP contribution in [0, 0.1) is 12.7 Å². The molecule has 0 atom stereocenters. The van der Waals surface area contributed by atoms with Gasteiger partial charge in [0.2, 0.25) is 0 Å². The summed E-state index contributed by atoms with van der Waals surface area (Å²) in [5, 5.41) is 11.7. The number of carboxylic acids is 1. The van der Waals surface area contributed by atoms with E-state index < -0.39 is 11.8 Å². The van der Waals surface area contributed by atoms with Gasteiger partial charge in [0.25, 0.3) is 0 Å². The van der Waals surface area contributed by atoms with Gasteiger partial charge in [-0.2, -0.15) is 0 Å². The van der Waals surface area contributed by atoms with Crippen molar-refractivity contribution in [2.45, 2.75) is 13.3 Å². The van der Waals surface area contributed by atoms with Crippen LogP contribution in [0.3, 0.4) is 0 Å². The minimum atomic E-state index is -0.973. The van der Waals surface area contributed by atoms with Gasteiger partial charge in [0.1, 0.15) is 5.82 Å². The summed E-state index contributed by atoms with van der Waals surface area (Å²) in [6.07, 6.45) is -0.179. The van der Waals surface area contributed by atoms with E-state index in [1.54, 1.807) is 12.1 Å². The van der Waals surface area contributed by atoms with E-state index in [1.165, 1.54) is 6.07 Å². The molecule has 98 valence electrons. The largest absolute Gasteiger partial charge is 0.481 e. The van der Waals surface area contributed by atoms with Gasteiger partial charge in [-0.05, 0) is 36.2 Å². The van der Waals surface area contributed by atoms with Gasteiger partial charge in [0.15, 0.2) is 0 Å². The maximum atomic E-state index is 13.9. The summed E-state index contributed by atoms with van der Waals surface area (Å²) in [5.74, 6) is -1.43. The minimum absolute atomic E-state index is 0.179. The fourth-order valence-corrected chi connectivity index (χ4v) is 1.80. The number of para-hydroxylation sites is 1. The highest BCUT2D eigenvalue weighted by Crippen LogP contribution is 2.23. The molecule has 0 bridgehead atoms. The Bertz CT molecular complexity index is 611. The van der Waals surface area contributed by atoms with Crippen molar-refractivity contribution in [2.24, 2.45) is 0 Å². The van der Waals surface area contributed by atoms with Gasteiger partial charge >= 0.3 is 5.97 Å². The van der Waals surface area contributed by atoms with Crippen LogP contribution in [0.15, 0.2) is 42.5 Å². The zero-order chi connectivity index (χ0) is 13.8. The lowest BCUT2D eigenvalue weighted by molar-refractivity contribution is -0.136. The number of carboxylic acid groups (broad SMARTS) is 1. The number of anilines is 2. The van der Waals surface area contributed by atoms with Crippen molar-refractivity contribution in [3.8, 4) is 0 Å². The van der Waals surface area contributed by atoms with Gasteiger partial charge in [0, 0.05) is 5.69 Å². The van der Waals surface area contributed by atoms with E-state index in [0.717, 1.165) is 11.3 Å². The average molecular weight is 259 g/mol. The second kappa shape index (κ2) is 5.52. The van der Waals surface area contributed by atoms with Crippen molar-refractivity contribution >= 4 is 17.3 Å². The third-order valence-corrected chi connectivity index (χ3v) is 2.80. The molecule has 2 rings (SSSR count). The van der Waals surface area contributed by atoms with Gasteiger partial charge in [-0.15, -0.1) is 0 Å². The van der Waals surface area contributed by atoms with Gasteiger partial charge in [-0.25, -0.2) is 4.39 Å². The normalized spacial score (nSPS) is 10.2. The van der Waals surface area contributed by atoms with Gasteiger partial charge in [-0.3, -0.25) is 4.79 Å². The zero-order valence-electron chi connectivity index (χ0n) is 10.5. The molecule has 0 saturated heterocycles. The molecule has 3 nitrogen and oxygen atoms in total. The highest BCUT2D eigenvalue weighted by Gasteiger charge is 2.07. The number of aliphatic carboxylic acids is 1. The smallest absolute Gasteiger partial charge is 0.307 e. The van der Waals surface area contributed by atoms with Crippen LogP contribution in [-0.2, 0) is 11.2 Å². The Morgan fingerprint density at radius 1 is 1.21 bits per heavy atom. The SMILES string of the molecule is Cc1ccccc1Nc1ccc(CC(=O)O)cc1F. The number of hydrogen-bond donors (Lipinski definition) is 2. The Balaban J connectivity index is 2.22. The van der Waals surface area contributed by atoms with Crippen molar-refractivity contribution in [1.82, 2.24) is 0 Å². The standard InChI is InChI=1S/C15H14FNO2/c1-10-4-2-3-5-13(10)17-14-7-6-11(8-12(14)16)9-15(18)19/h2-8,17H,9H2,1H3,(H,18,19). The zero-order valence-corrected chi connectivity index (χ0v) is 10.5. The molecular formula is C15H14FNO2. The highest BCUT2D eigenvalue weighted by atomic mass is 19.1. The second-order valence-corrected chi connectivity index (χ2v) is 4.32. The molecular weight excluding hydrogens is 245 g/mol. The van der Waals surface area contributed by atoms with E-state index >= 15 is 0 Å². The second-order valence-electron chi connectivity index (χ2n) is 4.32. The van der Waals surface area contributed by atoms with Gasteiger partial charge in [0.05, 0.1) is 12.1 Å². The molecule has 0 aliphatic heterocycles. The molecule has 0 aliphatic carbocycles. The molecule has 0 saturated carbocycles. The maximum Gasteiger partial charge on any atom is 0.307 e. The van der Waals surface area contributed by atoms with E-state index in [0.29, 0.717) is 11.3 Å². The van der Waals surface area contributed by atoms with Crippen molar-refractivity contribution in [3.05, 3.63) is 59.4 Å². The third-order valence-electron chi connectivity index (χ3n) is 2.80. The first kappa shape index (κ1) is 13.1. The molecule has 19 heavy (non-hydrogen) atoms. The predicted octanol–water partition coefficient (Wildman–Crippen LogP) is 3.50. The summed E-state index contributed by atoms with van der Waals surface area (Å²) in [6.45, 7) is 1.93. The Morgan fingerprint density at radius 3 is 2.58 bits per heavy atom. The molecule has 2 aromatic rings. The molecule has 4 heteroatoms. The molecule has 0 radical (unpaired) electrons. The van der Waals surface area contributed by atoms with E-state index in [9.17, 15) is 9.18 Å². The quantitative estimate of drug-likeness (QED) is 0.883. The van der Waals surface area contributed by atoms with E-state index in [-0.39, 0.29) is 6.42 Å². The van der Waals surface area contributed by atoms with Crippen molar-refractivity contribution in [1.29, 1.82) is 0 Å². The fraction of sp³-hybridized carbons (Fsp3) is 0.133. The monoisotopic (exact) mass is 259 g/mol. The van der Waals surface area contributed by atoms with Crippen LogP contribution in [0.4, 0.5) is 15.8 Å². The number of hydrogen-bond acceptors (Lipinski definition) is 2. The fourth-order valence-electron chi connectivity index (χ4n) is 1.80. The molecule has 2 aromatic carbocycles. The van der Waals surface area contributed by atoms with Crippen LogP contribution in [0.5, 0.6) is 0 Å². The van der Waals surface area contributed by atoms with Crippen molar-refractivity contribution in [2.75, 3.05) is 5.32 Å². The van der Waals surface area contributed by atoms with Gasteiger partial charge < -0.3 is 10.4 Å². The average Bonchev–Trinajstić information content (AvgIpc) is 2.34. The molecule has 0 aliphatic rings. The number of aryl methyl sites for hydroxylation is 1. The molecule has 2 N–H and O–H groups in total. The third kappa shape index (κ3) is 3.31. The predicted molar refractivity (Wildman–Crippen MR) is 72.2 cm³/mol. The lowest BCUT2D eigenvalue weighted by Gasteiger charge is -2.10. The minimum Gasteiger partial charge on any atom is -0.481 e. The van der Waals surface area contributed by atoms with Crippen LogP contribution in [0.2, 0.25) is 0 Å². The van der Waals surface area contributed by atoms with E-state index in [2.05, 4.69) is 5.32 Å². The summed E-state index contributed by atoms with van der Waals surface area (Å²) in [4.78, 5) is 10.6. The highest BCUT2D eigenvalue weighted by molar-refractivity contribution is 5.71. The number of halogens is 1. The molecule has 0 amide bonds. The molecule has 0 heterocycles. The Morgan fingerprint density at radius 2 is 1.95 bits per heavy atom. The summed E-state index contributed by atoms with van der Waals surface area (Å²) in [7, 11) is 0.